The molecule has 7 nitrogen and oxygen atoms in total. The molecule has 0 amide bonds. The largest absolute Gasteiger partial charge is 0.414 e. The van der Waals surface area contributed by atoms with E-state index in [2.05, 4.69) is 38.8 Å². The van der Waals surface area contributed by atoms with Gasteiger partial charge in [-0.25, -0.2) is 4.79 Å². The number of hydrogen-bond acceptors (Lipinski definition) is 5. The van der Waals surface area contributed by atoms with E-state index in [-0.39, 0.29) is 24.2 Å². The third-order valence-corrected chi connectivity index (χ3v) is 10.9. The van der Waals surface area contributed by atoms with Crippen LogP contribution in [0.3, 0.4) is 0 Å². The van der Waals surface area contributed by atoms with Crippen molar-refractivity contribution < 1.29 is 14.3 Å². The molecule has 26 heavy (non-hydrogen) atoms. The molecule has 0 bridgehead atoms. The van der Waals surface area contributed by atoms with Crippen molar-refractivity contribution in [3.63, 3.8) is 0 Å². The molecule has 0 radical (unpaired) electrons. The zero-order chi connectivity index (χ0) is 19.9. The lowest BCUT2D eigenvalue weighted by molar-refractivity contribution is -0.131. The van der Waals surface area contributed by atoms with Crippen LogP contribution in [-0.2, 0) is 9.16 Å². The van der Waals surface area contributed by atoms with Crippen LogP contribution in [0.5, 0.6) is 0 Å². The summed E-state index contributed by atoms with van der Waals surface area (Å²) in [5.74, 6) is -0.261. The smallest absolute Gasteiger partial charge is 0.330 e. The minimum atomic E-state index is -2.06. The molecule has 0 unspecified atom stereocenters. The molecule has 148 valence electrons. The molecule has 0 spiro atoms. The zero-order valence-corrected chi connectivity index (χ0v) is 18.0. The molecular formula is C17H29ClN2O5Si. The van der Waals surface area contributed by atoms with E-state index in [4.69, 9.17) is 20.8 Å². The highest BCUT2D eigenvalue weighted by atomic mass is 35.5. The monoisotopic (exact) mass is 404 g/mol. The van der Waals surface area contributed by atoms with Gasteiger partial charge >= 0.3 is 5.69 Å². The first-order valence-corrected chi connectivity index (χ1v) is 12.1. The number of nitrogens with zero attached hydrogens (tertiary/aromatic N) is 1. The number of hydrogen-bond donors (Lipinski definition) is 2. The lowest BCUT2D eigenvalue weighted by Gasteiger charge is -2.40. The number of alkyl halides is 1. The van der Waals surface area contributed by atoms with Crippen molar-refractivity contribution >= 4 is 19.9 Å². The lowest BCUT2D eigenvalue weighted by Crippen LogP contribution is -2.50. The van der Waals surface area contributed by atoms with Crippen molar-refractivity contribution in [3.05, 3.63) is 33.1 Å². The molecule has 1 aromatic heterocycles. The second-order valence-corrected chi connectivity index (χ2v) is 13.8. The number of rotatable bonds is 5. The highest BCUT2D eigenvalue weighted by Crippen LogP contribution is 2.45. The van der Waals surface area contributed by atoms with Crippen molar-refractivity contribution in [2.45, 2.75) is 63.0 Å². The molecule has 1 aliphatic heterocycles. The molecule has 1 aliphatic rings. The Morgan fingerprint density at radius 1 is 1.42 bits per heavy atom. The van der Waals surface area contributed by atoms with E-state index in [9.17, 15) is 14.7 Å². The Balaban J connectivity index is 2.30. The third-order valence-electron chi connectivity index (χ3n) is 5.81. The van der Waals surface area contributed by atoms with Crippen LogP contribution in [0.15, 0.2) is 21.9 Å². The SMILES string of the molecule is C[C@H]1[C@@H](Cl)[C@H](n2ccc(=O)[nH]c2=O)O[C@]1(CO)CO[Si](C)(C)C(C)(C)C. The van der Waals surface area contributed by atoms with Gasteiger partial charge in [-0.15, -0.1) is 11.6 Å². The summed E-state index contributed by atoms with van der Waals surface area (Å²) in [6, 6.07) is 1.24. The summed E-state index contributed by atoms with van der Waals surface area (Å²) in [6.45, 7) is 12.4. The van der Waals surface area contributed by atoms with Gasteiger partial charge in [-0.05, 0) is 18.1 Å². The normalized spacial score (nSPS) is 29.9. The molecule has 4 atom stereocenters. The van der Waals surface area contributed by atoms with Crippen molar-refractivity contribution in [1.82, 2.24) is 9.55 Å². The van der Waals surface area contributed by atoms with Crippen LogP contribution in [0.1, 0.15) is 33.9 Å². The topological polar surface area (TPSA) is 93.6 Å². The highest BCUT2D eigenvalue weighted by molar-refractivity contribution is 6.74. The fraction of sp³-hybridized carbons (Fsp3) is 0.765. The first-order chi connectivity index (χ1) is 11.8. The molecule has 0 aromatic carbocycles. The maximum Gasteiger partial charge on any atom is 0.330 e. The predicted octanol–water partition coefficient (Wildman–Crippen LogP) is 2.06. The van der Waals surface area contributed by atoms with E-state index in [0.717, 1.165) is 0 Å². The van der Waals surface area contributed by atoms with Gasteiger partial charge in [0.05, 0.1) is 18.6 Å². The summed E-state index contributed by atoms with van der Waals surface area (Å²) in [5.41, 5.74) is -2.10. The van der Waals surface area contributed by atoms with Gasteiger partial charge in [0, 0.05) is 18.2 Å². The molecular weight excluding hydrogens is 376 g/mol. The summed E-state index contributed by atoms with van der Waals surface area (Å²) in [7, 11) is -2.06. The van der Waals surface area contributed by atoms with Crippen LogP contribution < -0.4 is 11.2 Å². The first kappa shape index (κ1) is 21.4. The van der Waals surface area contributed by atoms with E-state index in [1.165, 1.54) is 16.8 Å². The minimum Gasteiger partial charge on any atom is -0.414 e. The molecule has 0 saturated carbocycles. The minimum absolute atomic E-state index is 0.0150. The van der Waals surface area contributed by atoms with Crippen molar-refractivity contribution in [3.8, 4) is 0 Å². The van der Waals surface area contributed by atoms with E-state index < -0.39 is 36.8 Å². The first-order valence-electron chi connectivity index (χ1n) is 8.73. The average Bonchev–Trinajstić information content (AvgIpc) is 2.78. The molecule has 1 fully saturated rings. The van der Waals surface area contributed by atoms with Gasteiger partial charge in [0.1, 0.15) is 5.60 Å². The maximum atomic E-state index is 12.1. The Morgan fingerprint density at radius 2 is 2.04 bits per heavy atom. The van der Waals surface area contributed by atoms with Crippen LogP contribution in [0, 0.1) is 5.92 Å². The van der Waals surface area contributed by atoms with Crippen LogP contribution in [-0.4, -0.2) is 47.2 Å². The fourth-order valence-electron chi connectivity index (χ4n) is 2.70. The quantitative estimate of drug-likeness (QED) is 0.578. The number of nitrogens with one attached hydrogen (secondary N) is 1. The lowest BCUT2D eigenvalue weighted by atomic mass is 9.90. The number of aromatic amines is 1. The van der Waals surface area contributed by atoms with Gasteiger partial charge < -0.3 is 14.3 Å². The van der Waals surface area contributed by atoms with Gasteiger partial charge in [-0.1, -0.05) is 27.7 Å². The molecule has 2 N–H and O–H groups in total. The summed E-state index contributed by atoms with van der Waals surface area (Å²) < 4.78 is 13.6. The molecule has 1 aromatic rings. The Hall–Kier alpha value is -0.933. The Bertz CT molecular complexity index is 757. The van der Waals surface area contributed by atoms with Crippen molar-refractivity contribution in [1.29, 1.82) is 0 Å². The number of H-pyrrole nitrogens is 1. The Morgan fingerprint density at radius 3 is 2.54 bits per heavy atom. The number of ether oxygens (including phenoxy) is 1. The Kier molecular flexibility index (Phi) is 5.95. The number of aliphatic hydroxyl groups excluding tert-OH is 1. The van der Waals surface area contributed by atoms with Gasteiger partial charge in [-0.2, -0.15) is 0 Å². The molecule has 0 aliphatic carbocycles. The van der Waals surface area contributed by atoms with E-state index in [0.29, 0.717) is 0 Å². The van der Waals surface area contributed by atoms with Gasteiger partial charge in [0.15, 0.2) is 14.5 Å². The summed E-state index contributed by atoms with van der Waals surface area (Å²) in [4.78, 5) is 25.6. The zero-order valence-electron chi connectivity index (χ0n) is 16.2. The predicted molar refractivity (Wildman–Crippen MR) is 103 cm³/mol. The number of halogens is 1. The third kappa shape index (κ3) is 3.84. The highest BCUT2D eigenvalue weighted by Gasteiger charge is 2.54. The standard InChI is InChI=1S/C17H29ClN2O5Si/c1-11-13(18)14(20-8-7-12(22)19-15(20)23)25-17(11,9-21)10-24-26(5,6)16(2,3)4/h7-8,11,13-14,21H,9-10H2,1-6H3,(H,19,22,23)/t11-,13+,14+,17+/m0/s1. The van der Waals surface area contributed by atoms with Gasteiger partial charge in [0.25, 0.3) is 5.56 Å². The molecule has 1 saturated heterocycles. The second-order valence-electron chi connectivity index (χ2n) is 8.53. The van der Waals surface area contributed by atoms with Gasteiger partial charge in [-0.3, -0.25) is 14.3 Å². The van der Waals surface area contributed by atoms with Crippen molar-refractivity contribution in [2.24, 2.45) is 5.92 Å². The fourth-order valence-corrected chi connectivity index (χ4v) is 4.14. The second kappa shape index (κ2) is 7.24. The van der Waals surface area contributed by atoms with Crippen LogP contribution in [0.2, 0.25) is 18.1 Å². The van der Waals surface area contributed by atoms with Crippen LogP contribution in [0.25, 0.3) is 0 Å². The van der Waals surface area contributed by atoms with Crippen molar-refractivity contribution in [2.75, 3.05) is 13.2 Å². The molecule has 2 heterocycles. The average molecular weight is 405 g/mol. The summed E-state index contributed by atoms with van der Waals surface area (Å²) in [5, 5.41) is 9.54. The van der Waals surface area contributed by atoms with Crippen LogP contribution in [0.4, 0.5) is 0 Å². The number of aliphatic hydroxyl groups is 1. The molecule has 2 rings (SSSR count). The van der Waals surface area contributed by atoms with Gasteiger partial charge in [0.2, 0.25) is 0 Å². The van der Waals surface area contributed by atoms with E-state index in [1.54, 1.807) is 0 Å². The summed E-state index contributed by atoms with van der Waals surface area (Å²) >= 11 is 6.55. The summed E-state index contributed by atoms with van der Waals surface area (Å²) in [6.07, 6.45) is 0.557. The van der Waals surface area contributed by atoms with E-state index in [1.807, 2.05) is 6.92 Å². The Labute approximate surface area is 159 Å². The van der Waals surface area contributed by atoms with Crippen LogP contribution >= 0.6 is 11.6 Å². The maximum absolute atomic E-state index is 12.1. The van der Waals surface area contributed by atoms with E-state index >= 15 is 0 Å². The number of aromatic nitrogens is 2. The molecule has 9 heteroatoms.